The molecule has 1 aromatic carbocycles. The lowest BCUT2D eigenvalue weighted by Gasteiger charge is -2.37. The molecule has 1 aliphatic heterocycles. The first kappa shape index (κ1) is 17.8. The number of aromatic amines is 2. The predicted molar refractivity (Wildman–Crippen MR) is 114 cm³/mol. The van der Waals surface area contributed by atoms with Gasteiger partial charge in [-0.05, 0) is 32.0 Å². The van der Waals surface area contributed by atoms with E-state index in [1.807, 2.05) is 18.2 Å². The monoisotopic (exact) mass is 388 g/mol. The van der Waals surface area contributed by atoms with Crippen molar-refractivity contribution in [2.75, 3.05) is 31.1 Å². The van der Waals surface area contributed by atoms with Crippen LogP contribution in [0.2, 0.25) is 0 Å². The number of benzene rings is 1. The van der Waals surface area contributed by atoms with Crippen molar-refractivity contribution in [1.29, 1.82) is 0 Å². The van der Waals surface area contributed by atoms with Crippen LogP contribution in [-0.2, 0) is 0 Å². The van der Waals surface area contributed by atoms with E-state index in [1.165, 1.54) is 0 Å². The first-order chi connectivity index (χ1) is 14.2. The highest BCUT2D eigenvalue weighted by Crippen LogP contribution is 2.30. The minimum Gasteiger partial charge on any atom is -0.354 e. The molecule has 1 aliphatic rings. The number of aromatic nitrogens is 6. The van der Waals surface area contributed by atoms with E-state index < -0.39 is 0 Å². The Labute approximate surface area is 169 Å². The van der Waals surface area contributed by atoms with Crippen molar-refractivity contribution in [1.82, 2.24) is 35.3 Å². The molecule has 0 radical (unpaired) electrons. The zero-order chi connectivity index (χ0) is 19.8. The molecule has 0 spiro atoms. The summed E-state index contributed by atoms with van der Waals surface area (Å²) in [5.41, 5.74) is 4.69. The second-order valence-corrected chi connectivity index (χ2v) is 7.68. The minimum absolute atomic E-state index is 0.581. The van der Waals surface area contributed by atoms with Crippen LogP contribution in [0.25, 0.3) is 33.5 Å². The van der Waals surface area contributed by atoms with E-state index in [1.54, 1.807) is 12.5 Å². The molecule has 1 saturated heterocycles. The van der Waals surface area contributed by atoms with Crippen molar-refractivity contribution in [3.8, 4) is 22.6 Å². The highest BCUT2D eigenvalue weighted by molar-refractivity contribution is 5.94. The zero-order valence-corrected chi connectivity index (χ0v) is 16.6. The Kier molecular flexibility index (Phi) is 4.48. The number of hydrogen-bond acceptors (Lipinski definition) is 6. The molecule has 4 heterocycles. The molecule has 0 saturated carbocycles. The van der Waals surface area contributed by atoms with Gasteiger partial charge < -0.3 is 4.90 Å². The molecule has 0 amide bonds. The van der Waals surface area contributed by atoms with Crippen LogP contribution in [0.4, 0.5) is 5.82 Å². The molecule has 148 valence electrons. The molecule has 8 heteroatoms. The van der Waals surface area contributed by atoms with E-state index in [-0.39, 0.29) is 0 Å². The molecule has 0 atom stereocenters. The lowest BCUT2D eigenvalue weighted by atomic mass is 10.1. The zero-order valence-electron chi connectivity index (χ0n) is 16.6. The van der Waals surface area contributed by atoms with E-state index in [0.717, 1.165) is 65.5 Å². The fourth-order valence-corrected chi connectivity index (χ4v) is 3.91. The summed E-state index contributed by atoms with van der Waals surface area (Å²) in [6.07, 6.45) is 3.39. The average Bonchev–Trinajstić information content (AvgIpc) is 3.43. The molecule has 3 aromatic heterocycles. The maximum atomic E-state index is 4.54. The third-order valence-corrected chi connectivity index (χ3v) is 5.64. The van der Waals surface area contributed by atoms with Gasteiger partial charge in [0.05, 0.1) is 16.9 Å². The van der Waals surface area contributed by atoms with Gasteiger partial charge in [-0.1, -0.05) is 6.07 Å². The molecule has 0 aliphatic carbocycles. The molecular formula is C21H24N8. The van der Waals surface area contributed by atoms with Gasteiger partial charge in [0.15, 0.2) is 0 Å². The van der Waals surface area contributed by atoms with E-state index >= 15 is 0 Å². The summed E-state index contributed by atoms with van der Waals surface area (Å²) in [5, 5.41) is 15.8. The minimum atomic E-state index is 0.581. The van der Waals surface area contributed by atoms with Crippen molar-refractivity contribution in [3.05, 3.63) is 42.9 Å². The number of nitrogens with one attached hydrogen (secondary N) is 2. The van der Waals surface area contributed by atoms with Gasteiger partial charge >= 0.3 is 0 Å². The Hall–Kier alpha value is -3.26. The lowest BCUT2D eigenvalue weighted by Crippen LogP contribution is -2.49. The van der Waals surface area contributed by atoms with E-state index in [2.05, 4.69) is 66.1 Å². The predicted octanol–water partition coefficient (Wildman–Crippen LogP) is 2.94. The normalized spacial score (nSPS) is 15.5. The summed E-state index contributed by atoms with van der Waals surface area (Å²) in [5.74, 6) is 0.958. The number of H-pyrrole nitrogens is 2. The van der Waals surface area contributed by atoms with Gasteiger partial charge in [0.1, 0.15) is 17.8 Å². The molecule has 0 bridgehead atoms. The Balaban J connectivity index is 1.46. The summed E-state index contributed by atoms with van der Waals surface area (Å²) in [6, 6.07) is 10.8. The topological polar surface area (TPSA) is 89.6 Å². The van der Waals surface area contributed by atoms with E-state index in [4.69, 9.17) is 0 Å². The molecule has 5 rings (SSSR count). The summed E-state index contributed by atoms with van der Waals surface area (Å²) in [7, 11) is 0. The fourth-order valence-electron chi connectivity index (χ4n) is 3.91. The fraction of sp³-hybridized carbons (Fsp3) is 0.333. The van der Waals surface area contributed by atoms with Gasteiger partial charge in [-0.2, -0.15) is 10.2 Å². The SMILES string of the molecule is CC(C)N1CCN(c2cc(-c3n[nH]c4ccc(-c5ccn[nH]5)cc34)ncn2)CC1. The second-order valence-electron chi connectivity index (χ2n) is 7.68. The average molecular weight is 388 g/mol. The molecule has 2 N–H and O–H groups in total. The van der Waals surface area contributed by atoms with Crippen LogP contribution in [-0.4, -0.2) is 67.5 Å². The van der Waals surface area contributed by atoms with Crippen LogP contribution in [0.3, 0.4) is 0 Å². The maximum Gasteiger partial charge on any atom is 0.132 e. The number of rotatable bonds is 4. The van der Waals surface area contributed by atoms with Crippen LogP contribution in [0, 0.1) is 0 Å². The number of hydrogen-bond donors (Lipinski definition) is 2. The van der Waals surface area contributed by atoms with Crippen molar-refractivity contribution >= 4 is 16.7 Å². The van der Waals surface area contributed by atoms with Crippen LogP contribution in [0.1, 0.15) is 13.8 Å². The van der Waals surface area contributed by atoms with E-state index in [9.17, 15) is 0 Å². The molecule has 8 nitrogen and oxygen atoms in total. The second kappa shape index (κ2) is 7.29. The smallest absolute Gasteiger partial charge is 0.132 e. The van der Waals surface area contributed by atoms with Crippen molar-refractivity contribution < 1.29 is 0 Å². The Morgan fingerprint density at radius 3 is 2.59 bits per heavy atom. The van der Waals surface area contributed by atoms with Crippen molar-refractivity contribution in [2.45, 2.75) is 19.9 Å². The van der Waals surface area contributed by atoms with Crippen LogP contribution < -0.4 is 4.90 Å². The van der Waals surface area contributed by atoms with Gasteiger partial charge in [0, 0.05) is 55.4 Å². The molecule has 4 aromatic rings. The van der Waals surface area contributed by atoms with Gasteiger partial charge in [-0.3, -0.25) is 15.1 Å². The molecular weight excluding hydrogens is 364 g/mol. The summed E-state index contributed by atoms with van der Waals surface area (Å²) < 4.78 is 0. The Morgan fingerprint density at radius 2 is 1.83 bits per heavy atom. The Morgan fingerprint density at radius 1 is 0.966 bits per heavy atom. The quantitative estimate of drug-likeness (QED) is 0.559. The molecule has 0 unspecified atom stereocenters. The third kappa shape index (κ3) is 3.36. The van der Waals surface area contributed by atoms with E-state index in [0.29, 0.717) is 6.04 Å². The van der Waals surface area contributed by atoms with Crippen LogP contribution >= 0.6 is 0 Å². The molecule has 1 fully saturated rings. The largest absolute Gasteiger partial charge is 0.354 e. The number of piperazine rings is 1. The highest BCUT2D eigenvalue weighted by Gasteiger charge is 2.21. The van der Waals surface area contributed by atoms with Crippen LogP contribution in [0.5, 0.6) is 0 Å². The first-order valence-corrected chi connectivity index (χ1v) is 9.98. The number of anilines is 1. The molecule has 29 heavy (non-hydrogen) atoms. The van der Waals surface area contributed by atoms with Gasteiger partial charge in [-0.25, -0.2) is 9.97 Å². The maximum absolute atomic E-state index is 4.54. The van der Waals surface area contributed by atoms with Gasteiger partial charge in [0.2, 0.25) is 0 Å². The Bertz CT molecular complexity index is 1110. The third-order valence-electron chi connectivity index (χ3n) is 5.64. The number of fused-ring (bicyclic) bond motifs is 1. The lowest BCUT2D eigenvalue weighted by molar-refractivity contribution is 0.209. The highest BCUT2D eigenvalue weighted by atomic mass is 15.3. The first-order valence-electron chi connectivity index (χ1n) is 9.98. The summed E-state index contributed by atoms with van der Waals surface area (Å²) >= 11 is 0. The van der Waals surface area contributed by atoms with Crippen LogP contribution in [0.15, 0.2) is 42.9 Å². The van der Waals surface area contributed by atoms with Gasteiger partial charge in [-0.15, -0.1) is 0 Å². The van der Waals surface area contributed by atoms with Crippen molar-refractivity contribution in [2.24, 2.45) is 0 Å². The van der Waals surface area contributed by atoms with Crippen molar-refractivity contribution in [3.63, 3.8) is 0 Å². The number of nitrogens with zero attached hydrogens (tertiary/aromatic N) is 6. The van der Waals surface area contributed by atoms with Gasteiger partial charge in [0.25, 0.3) is 0 Å². The summed E-state index contributed by atoms with van der Waals surface area (Å²) in [6.45, 7) is 8.54. The summed E-state index contributed by atoms with van der Waals surface area (Å²) in [4.78, 5) is 13.9. The standard InChI is InChI=1S/C21H24N8/c1-14(2)28-7-9-29(10-8-28)20-12-19(22-13-23-20)21-16-11-15(17-5-6-24-25-17)3-4-18(16)26-27-21/h3-6,11-14H,7-10H2,1-2H3,(H,24,25)(H,26,27).